The number of carbonyl (C=O) groups is 1. The van der Waals surface area contributed by atoms with Gasteiger partial charge in [-0.3, -0.25) is 14.2 Å². The third-order valence-electron chi connectivity index (χ3n) is 5.40. The van der Waals surface area contributed by atoms with Crippen LogP contribution in [0.1, 0.15) is 34.5 Å². The number of fused-ring (bicyclic) bond motifs is 1. The van der Waals surface area contributed by atoms with Crippen LogP contribution in [0.25, 0.3) is 10.8 Å². The normalized spacial score (nSPS) is 12.2. The van der Waals surface area contributed by atoms with Gasteiger partial charge in [0, 0.05) is 5.56 Å². The minimum Gasteiger partial charge on any atom is -0.345 e. The van der Waals surface area contributed by atoms with Crippen molar-refractivity contribution in [2.75, 3.05) is 9.44 Å². The van der Waals surface area contributed by atoms with E-state index in [1.807, 2.05) is 56.3 Å². The van der Waals surface area contributed by atoms with E-state index in [2.05, 4.69) is 14.8 Å². The van der Waals surface area contributed by atoms with Crippen molar-refractivity contribution in [3.63, 3.8) is 0 Å². The summed E-state index contributed by atoms with van der Waals surface area (Å²) < 4.78 is 29.9. The van der Waals surface area contributed by atoms with Gasteiger partial charge in [0.1, 0.15) is 0 Å². The first-order valence-corrected chi connectivity index (χ1v) is 12.1. The molecule has 4 aromatic rings. The standard InChI is InChI=1S/C26H25N3O3S/c1-18-15-16-22(29-33(31,32)28-21-11-4-3-5-12-21)17-25(18)26(30)27-19(2)23-14-8-10-20-9-6-7-13-24(20)23/h3-17,19,28-29H,1-2H3,(H,27,30)/t19-/m1/s1. The van der Waals surface area contributed by atoms with Gasteiger partial charge < -0.3 is 5.32 Å². The Kier molecular flexibility index (Phi) is 6.33. The van der Waals surface area contributed by atoms with Crippen LogP contribution in [-0.4, -0.2) is 14.3 Å². The number of anilines is 2. The summed E-state index contributed by atoms with van der Waals surface area (Å²) in [5, 5.41) is 5.23. The molecule has 1 atom stereocenters. The van der Waals surface area contributed by atoms with Gasteiger partial charge in [-0.1, -0.05) is 66.7 Å². The fraction of sp³-hybridized carbons (Fsp3) is 0.115. The van der Waals surface area contributed by atoms with Crippen molar-refractivity contribution in [1.29, 1.82) is 0 Å². The third-order valence-corrected chi connectivity index (χ3v) is 6.41. The van der Waals surface area contributed by atoms with Gasteiger partial charge in [-0.25, -0.2) is 0 Å². The molecule has 6 nitrogen and oxygen atoms in total. The SMILES string of the molecule is Cc1ccc(NS(=O)(=O)Nc2ccccc2)cc1C(=O)N[C@H](C)c1cccc2ccccc12. The lowest BCUT2D eigenvalue weighted by molar-refractivity contribution is 0.0939. The molecule has 0 radical (unpaired) electrons. The molecule has 33 heavy (non-hydrogen) atoms. The van der Waals surface area contributed by atoms with E-state index in [0.717, 1.165) is 21.9 Å². The van der Waals surface area contributed by atoms with Crippen LogP contribution >= 0.6 is 0 Å². The van der Waals surface area contributed by atoms with Crippen molar-refractivity contribution in [2.24, 2.45) is 0 Å². The van der Waals surface area contributed by atoms with Gasteiger partial charge in [0.2, 0.25) is 0 Å². The van der Waals surface area contributed by atoms with Crippen molar-refractivity contribution in [1.82, 2.24) is 5.32 Å². The van der Waals surface area contributed by atoms with Gasteiger partial charge in [0.05, 0.1) is 17.4 Å². The molecule has 0 aliphatic heterocycles. The molecule has 0 aromatic heterocycles. The number of nitrogens with one attached hydrogen (secondary N) is 3. The van der Waals surface area contributed by atoms with Crippen LogP contribution in [-0.2, 0) is 10.2 Å². The molecular formula is C26H25N3O3S. The Labute approximate surface area is 193 Å². The summed E-state index contributed by atoms with van der Waals surface area (Å²) in [7, 11) is -3.87. The van der Waals surface area contributed by atoms with E-state index >= 15 is 0 Å². The zero-order valence-electron chi connectivity index (χ0n) is 18.4. The van der Waals surface area contributed by atoms with Crippen molar-refractivity contribution in [3.8, 4) is 0 Å². The highest BCUT2D eigenvalue weighted by Crippen LogP contribution is 2.25. The van der Waals surface area contributed by atoms with Gasteiger partial charge in [0.25, 0.3) is 5.91 Å². The first kappa shape index (κ1) is 22.4. The Morgan fingerprint density at radius 3 is 2.24 bits per heavy atom. The largest absolute Gasteiger partial charge is 0.345 e. The topological polar surface area (TPSA) is 87.3 Å². The fourth-order valence-corrected chi connectivity index (χ4v) is 4.69. The Hall–Kier alpha value is -3.84. The highest BCUT2D eigenvalue weighted by Gasteiger charge is 2.17. The van der Waals surface area contributed by atoms with Crippen LogP contribution in [0, 0.1) is 6.92 Å². The quantitative estimate of drug-likeness (QED) is 0.345. The van der Waals surface area contributed by atoms with Crippen LogP contribution in [0.2, 0.25) is 0 Å². The van der Waals surface area contributed by atoms with E-state index in [9.17, 15) is 13.2 Å². The van der Waals surface area contributed by atoms with E-state index < -0.39 is 10.2 Å². The molecule has 0 spiro atoms. The molecule has 168 valence electrons. The average Bonchev–Trinajstić information content (AvgIpc) is 2.80. The van der Waals surface area contributed by atoms with Crippen molar-refractivity contribution >= 4 is 38.3 Å². The molecule has 3 N–H and O–H groups in total. The fourth-order valence-electron chi connectivity index (χ4n) is 3.75. The second-order valence-electron chi connectivity index (χ2n) is 7.87. The smallest absolute Gasteiger partial charge is 0.321 e. The van der Waals surface area contributed by atoms with E-state index in [-0.39, 0.29) is 11.9 Å². The number of benzene rings is 4. The molecule has 0 fully saturated rings. The molecule has 4 aromatic carbocycles. The Morgan fingerprint density at radius 2 is 1.45 bits per heavy atom. The van der Waals surface area contributed by atoms with Gasteiger partial charge in [0.15, 0.2) is 0 Å². The number of hydrogen-bond donors (Lipinski definition) is 3. The monoisotopic (exact) mass is 459 g/mol. The third kappa shape index (κ3) is 5.32. The lowest BCUT2D eigenvalue weighted by Crippen LogP contribution is -2.28. The molecule has 0 saturated carbocycles. The number of hydrogen-bond acceptors (Lipinski definition) is 3. The molecule has 1 amide bonds. The first-order valence-electron chi connectivity index (χ1n) is 10.6. The molecule has 0 saturated heterocycles. The summed E-state index contributed by atoms with van der Waals surface area (Å²) in [4.78, 5) is 13.1. The number of para-hydroxylation sites is 1. The van der Waals surface area contributed by atoms with E-state index in [4.69, 9.17) is 0 Å². The number of rotatable bonds is 7. The number of carbonyl (C=O) groups excluding carboxylic acids is 1. The molecule has 0 unspecified atom stereocenters. The minimum atomic E-state index is -3.87. The summed E-state index contributed by atoms with van der Waals surface area (Å²) in [6.07, 6.45) is 0. The summed E-state index contributed by atoms with van der Waals surface area (Å²) in [6, 6.07) is 27.3. The van der Waals surface area contributed by atoms with Crippen molar-refractivity contribution < 1.29 is 13.2 Å². The molecule has 4 rings (SSSR count). The summed E-state index contributed by atoms with van der Waals surface area (Å²) in [6.45, 7) is 3.75. The Bertz CT molecular complexity index is 1400. The maximum absolute atomic E-state index is 13.1. The maximum atomic E-state index is 13.1. The second-order valence-corrected chi connectivity index (χ2v) is 9.28. The zero-order chi connectivity index (χ0) is 23.4. The summed E-state index contributed by atoms with van der Waals surface area (Å²) >= 11 is 0. The molecule has 7 heteroatoms. The maximum Gasteiger partial charge on any atom is 0.321 e. The Balaban J connectivity index is 1.53. The van der Waals surface area contributed by atoms with Gasteiger partial charge in [-0.15, -0.1) is 0 Å². The second kappa shape index (κ2) is 9.34. The average molecular weight is 460 g/mol. The zero-order valence-corrected chi connectivity index (χ0v) is 19.2. The Morgan fingerprint density at radius 1 is 0.788 bits per heavy atom. The minimum absolute atomic E-state index is 0.233. The van der Waals surface area contributed by atoms with E-state index in [1.165, 1.54) is 0 Å². The van der Waals surface area contributed by atoms with Gasteiger partial charge >= 0.3 is 10.2 Å². The predicted molar refractivity (Wildman–Crippen MR) is 134 cm³/mol. The molecule has 0 aliphatic carbocycles. The van der Waals surface area contributed by atoms with Crippen LogP contribution in [0.3, 0.4) is 0 Å². The molecule has 0 bridgehead atoms. The van der Waals surface area contributed by atoms with Crippen LogP contribution < -0.4 is 14.8 Å². The molecule has 0 heterocycles. The van der Waals surface area contributed by atoms with Crippen molar-refractivity contribution in [3.05, 3.63) is 108 Å². The highest BCUT2D eigenvalue weighted by molar-refractivity contribution is 7.94. The van der Waals surface area contributed by atoms with Crippen LogP contribution in [0.5, 0.6) is 0 Å². The lowest BCUT2D eigenvalue weighted by atomic mass is 9.99. The lowest BCUT2D eigenvalue weighted by Gasteiger charge is -2.18. The predicted octanol–water partition coefficient (Wildman–Crippen LogP) is 5.41. The van der Waals surface area contributed by atoms with E-state index in [1.54, 1.807) is 48.5 Å². The number of aryl methyl sites for hydroxylation is 1. The van der Waals surface area contributed by atoms with Crippen LogP contribution in [0.15, 0.2) is 91.0 Å². The number of amides is 1. The summed E-state index contributed by atoms with van der Waals surface area (Å²) in [5.74, 6) is -0.273. The molecular weight excluding hydrogens is 434 g/mol. The molecule has 0 aliphatic rings. The van der Waals surface area contributed by atoms with Gasteiger partial charge in [-0.2, -0.15) is 8.42 Å². The van der Waals surface area contributed by atoms with Gasteiger partial charge in [-0.05, 0) is 60.0 Å². The van der Waals surface area contributed by atoms with E-state index in [0.29, 0.717) is 16.9 Å². The van der Waals surface area contributed by atoms with Crippen molar-refractivity contribution in [2.45, 2.75) is 19.9 Å². The first-order chi connectivity index (χ1) is 15.8. The highest BCUT2D eigenvalue weighted by atomic mass is 32.2. The van der Waals surface area contributed by atoms with Crippen LogP contribution in [0.4, 0.5) is 11.4 Å². The summed E-state index contributed by atoms with van der Waals surface area (Å²) in [5.41, 5.74) is 2.91.